The SMILES string of the molecule is CC(C)(CN)NC(=O)c1cn(-c2ccccc2C(F)(F)F)nn1. The van der Waals surface area contributed by atoms with Gasteiger partial charge in [-0.3, -0.25) is 4.79 Å². The number of alkyl halides is 3. The molecule has 1 amide bonds. The fourth-order valence-corrected chi connectivity index (χ4v) is 1.82. The van der Waals surface area contributed by atoms with Gasteiger partial charge in [0.15, 0.2) is 5.69 Å². The molecule has 0 unspecified atom stereocenters. The maximum absolute atomic E-state index is 13.0. The molecule has 0 fully saturated rings. The number of aromatic nitrogens is 3. The number of hydrogen-bond donors (Lipinski definition) is 2. The molecule has 0 aliphatic carbocycles. The van der Waals surface area contributed by atoms with Crippen molar-refractivity contribution in [2.75, 3.05) is 6.54 Å². The van der Waals surface area contributed by atoms with Gasteiger partial charge in [-0.05, 0) is 26.0 Å². The predicted octanol–water partition coefficient (Wildman–Crippen LogP) is 1.75. The van der Waals surface area contributed by atoms with Crippen molar-refractivity contribution >= 4 is 5.91 Å². The topological polar surface area (TPSA) is 85.8 Å². The van der Waals surface area contributed by atoms with Crippen LogP contribution < -0.4 is 11.1 Å². The molecule has 0 atom stereocenters. The number of hydrogen-bond acceptors (Lipinski definition) is 4. The molecule has 1 aromatic heterocycles. The molecule has 0 saturated carbocycles. The maximum Gasteiger partial charge on any atom is 0.418 e. The van der Waals surface area contributed by atoms with Gasteiger partial charge in [0, 0.05) is 12.1 Å². The molecular formula is C14H16F3N5O. The summed E-state index contributed by atoms with van der Waals surface area (Å²) >= 11 is 0. The van der Waals surface area contributed by atoms with E-state index in [1.54, 1.807) is 13.8 Å². The number of nitrogens with zero attached hydrogens (tertiary/aromatic N) is 3. The Bertz CT molecular complexity index is 708. The molecule has 23 heavy (non-hydrogen) atoms. The molecule has 3 N–H and O–H groups in total. The molecule has 0 bridgehead atoms. The van der Waals surface area contributed by atoms with E-state index in [9.17, 15) is 18.0 Å². The second kappa shape index (κ2) is 5.99. The molecule has 1 aromatic carbocycles. The normalized spacial score (nSPS) is 12.3. The fourth-order valence-electron chi connectivity index (χ4n) is 1.82. The Balaban J connectivity index is 2.32. The summed E-state index contributed by atoms with van der Waals surface area (Å²) in [5.74, 6) is -0.559. The van der Waals surface area contributed by atoms with E-state index >= 15 is 0 Å². The summed E-state index contributed by atoms with van der Waals surface area (Å²) in [7, 11) is 0. The van der Waals surface area contributed by atoms with Crippen molar-refractivity contribution in [3.8, 4) is 5.69 Å². The second-order valence-electron chi connectivity index (χ2n) is 5.61. The van der Waals surface area contributed by atoms with E-state index in [4.69, 9.17) is 5.73 Å². The minimum Gasteiger partial charge on any atom is -0.344 e. The summed E-state index contributed by atoms with van der Waals surface area (Å²) in [5.41, 5.74) is 3.69. The standard InChI is InChI=1S/C14H16F3N5O/c1-13(2,8-18)19-12(23)10-7-22(21-20-10)11-6-4-3-5-9(11)14(15,16)17/h3-7H,8,18H2,1-2H3,(H,19,23). The number of carbonyl (C=O) groups excluding carboxylic acids is 1. The zero-order chi connectivity index (χ0) is 17.3. The van der Waals surface area contributed by atoms with Gasteiger partial charge >= 0.3 is 6.18 Å². The molecule has 0 aliphatic rings. The highest BCUT2D eigenvalue weighted by Gasteiger charge is 2.34. The van der Waals surface area contributed by atoms with Crippen LogP contribution in [0.15, 0.2) is 30.5 Å². The van der Waals surface area contributed by atoms with Crippen molar-refractivity contribution in [3.63, 3.8) is 0 Å². The Labute approximate surface area is 130 Å². The quantitative estimate of drug-likeness (QED) is 0.896. The third-order valence-corrected chi connectivity index (χ3v) is 3.14. The van der Waals surface area contributed by atoms with Crippen molar-refractivity contribution in [1.29, 1.82) is 0 Å². The average molecular weight is 327 g/mol. The van der Waals surface area contributed by atoms with E-state index < -0.39 is 23.2 Å². The van der Waals surface area contributed by atoms with E-state index in [0.717, 1.165) is 16.9 Å². The van der Waals surface area contributed by atoms with Crippen LogP contribution in [-0.2, 0) is 6.18 Å². The summed E-state index contributed by atoms with van der Waals surface area (Å²) in [6.07, 6.45) is -3.39. The third kappa shape index (κ3) is 3.86. The molecule has 2 aromatic rings. The van der Waals surface area contributed by atoms with Crippen LogP contribution >= 0.6 is 0 Å². The van der Waals surface area contributed by atoms with Crippen LogP contribution in [0, 0.1) is 0 Å². The Morgan fingerprint density at radius 1 is 1.30 bits per heavy atom. The zero-order valence-corrected chi connectivity index (χ0v) is 12.6. The minimum atomic E-state index is -4.54. The van der Waals surface area contributed by atoms with Crippen LogP contribution in [0.2, 0.25) is 0 Å². The van der Waals surface area contributed by atoms with Crippen molar-refractivity contribution in [2.24, 2.45) is 5.73 Å². The monoisotopic (exact) mass is 327 g/mol. The lowest BCUT2D eigenvalue weighted by Crippen LogP contribution is -2.48. The first-order valence-electron chi connectivity index (χ1n) is 6.75. The van der Waals surface area contributed by atoms with E-state index in [1.165, 1.54) is 18.2 Å². The van der Waals surface area contributed by atoms with Crippen molar-refractivity contribution < 1.29 is 18.0 Å². The minimum absolute atomic E-state index is 0.0940. The van der Waals surface area contributed by atoms with Gasteiger partial charge in [0.2, 0.25) is 0 Å². The lowest BCUT2D eigenvalue weighted by atomic mass is 10.1. The first kappa shape index (κ1) is 16.9. The van der Waals surface area contributed by atoms with E-state index in [-0.39, 0.29) is 17.9 Å². The molecule has 6 nitrogen and oxygen atoms in total. The number of amides is 1. The zero-order valence-electron chi connectivity index (χ0n) is 12.6. The highest BCUT2D eigenvalue weighted by atomic mass is 19.4. The number of nitrogens with one attached hydrogen (secondary N) is 1. The van der Waals surface area contributed by atoms with Gasteiger partial charge < -0.3 is 11.1 Å². The van der Waals surface area contributed by atoms with Gasteiger partial charge in [-0.2, -0.15) is 13.2 Å². The van der Waals surface area contributed by atoms with Crippen LogP contribution in [0.1, 0.15) is 29.9 Å². The summed E-state index contributed by atoms with van der Waals surface area (Å²) < 4.78 is 40.0. The van der Waals surface area contributed by atoms with E-state index in [2.05, 4.69) is 15.6 Å². The van der Waals surface area contributed by atoms with Gasteiger partial charge in [0.25, 0.3) is 5.91 Å². The summed E-state index contributed by atoms with van der Waals surface area (Å²) in [6, 6.07) is 4.92. The number of benzene rings is 1. The Kier molecular flexibility index (Phi) is 4.42. The lowest BCUT2D eigenvalue weighted by molar-refractivity contribution is -0.137. The van der Waals surface area contributed by atoms with Crippen LogP contribution in [0.25, 0.3) is 5.69 Å². The molecule has 0 aliphatic heterocycles. The first-order chi connectivity index (χ1) is 10.6. The first-order valence-corrected chi connectivity index (χ1v) is 6.75. The van der Waals surface area contributed by atoms with Gasteiger partial charge in [-0.25, -0.2) is 4.68 Å². The fraction of sp³-hybridized carbons (Fsp3) is 0.357. The Morgan fingerprint density at radius 2 is 1.96 bits per heavy atom. The van der Waals surface area contributed by atoms with Gasteiger partial charge in [0.1, 0.15) is 0 Å². The third-order valence-electron chi connectivity index (χ3n) is 3.14. The number of nitrogens with two attached hydrogens (primary N) is 1. The van der Waals surface area contributed by atoms with Gasteiger partial charge in [-0.1, -0.05) is 17.3 Å². The Hall–Kier alpha value is -2.42. The summed E-state index contributed by atoms with van der Waals surface area (Å²) in [4.78, 5) is 12.0. The molecule has 124 valence electrons. The van der Waals surface area contributed by atoms with Crippen LogP contribution in [0.4, 0.5) is 13.2 Å². The molecular weight excluding hydrogens is 311 g/mol. The molecule has 1 heterocycles. The number of rotatable bonds is 4. The van der Waals surface area contributed by atoms with Gasteiger partial charge in [-0.15, -0.1) is 5.10 Å². The highest BCUT2D eigenvalue weighted by Crippen LogP contribution is 2.33. The molecule has 9 heteroatoms. The largest absolute Gasteiger partial charge is 0.418 e. The number of carbonyl (C=O) groups is 1. The number of halogens is 3. The highest BCUT2D eigenvalue weighted by molar-refractivity contribution is 5.92. The van der Waals surface area contributed by atoms with Crippen LogP contribution in [-0.4, -0.2) is 33.0 Å². The smallest absolute Gasteiger partial charge is 0.344 e. The van der Waals surface area contributed by atoms with E-state index in [1.807, 2.05) is 0 Å². The van der Waals surface area contributed by atoms with Crippen LogP contribution in [0.3, 0.4) is 0 Å². The maximum atomic E-state index is 13.0. The number of para-hydroxylation sites is 1. The lowest BCUT2D eigenvalue weighted by Gasteiger charge is -2.23. The molecule has 0 radical (unpaired) electrons. The second-order valence-corrected chi connectivity index (χ2v) is 5.61. The molecule has 2 rings (SSSR count). The van der Waals surface area contributed by atoms with Crippen molar-refractivity contribution in [3.05, 3.63) is 41.7 Å². The van der Waals surface area contributed by atoms with Crippen molar-refractivity contribution in [1.82, 2.24) is 20.3 Å². The average Bonchev–Trinajstić information content (AvgIpc) is 2.96. The van der Waals surface area contributed by atoms with Crippen LogP contribution in [0.5, 0.6) is 0 Å². The van der Waals surface area contributed by atoms with Crippen molar-refractivity contribution in [2.45, 2.75) is 25.6 Å². The summed E-state index contributed by atoms with van der Waals surface area (Å²) in [6.45, 7) is 3.63. The summed E-state index contributed by atoms with van der Waals surface area (Å²) in [5, 5.41) is 9.87. The molecule has 0 saturated heterocycles. The molecule has 0 spiro atoms. The Morgan fingerprint density at radius 3 is 2.57 bits per heavy atom. The predicted molar refractivity (Wildman–Crippen MR) is 77.0 cm³/mol. The van der Waals surface area contributed by atoms with Gasteiger partial charge in [0.05, 0.1) is 17.4 Å². The van der Waals surface area contributed by atoms with E-state index in [0.29, 0.717) is 0 Å².